The number of aromatic nitrogens is 3. The number of halogens is 1. The first-order valence-electron chi connectivity index (χ1n) is 6.78. The highest BCUT2D eigenvalue weighted by Crippen LogP contribution is 2.24. The Morgan fingerprint density at radius 3 is 2.81 bits per heavy atom. The van der Waals surface area contributed by atoms with E-state index >= 15 is 0 Å². The second kappa shape index (κ2) is 5.74. The minimum atomic E-state index is 0.520. The van der Waals surface area contributed by atoms with Gasteiger partial charge < -0.3 is 4.74 Å². The van der Waals surface area contributed by atoms with Crippen molar-refractivity contribution in [3.63, 3.8) is 0 Å². The fourth-order valence-corrected chi connectivity index (χ4v) is 2.54. The van der Waals surface area contributed by atoms with Gasteiger partial charge in [-0.3, -0.25) is 4.57 Å². The molecule has 0 aliphatic rings. The smallest absolute Gasteiger partial charge is 0.164 e. The molecule has 3 aromatic rings. The molecular formula is C16H16ClN3O. The van der Waals surface area contributed by atoms with E-state index in [9.17, 15) is 0 Å². The van der Waals surface area contributed by atoms with Gasteiger partial charge in [0.2, 0.25) is 0 Å². The third-order valence-corrected chi connectivity index (χ3v) is 3.53. The van der Waals surface area contributed by atoms with E-state index in [-0.39, 0.29) is 0 Å². The third-order valence-electron chi connectivity index (χ3n) is 3.34. The lowest BCUT2D eigenvalue weighted by Crippen LogP contribution is -2.03. The number of hydrogen-bond acceptors (Lipinski definition) is 3. The fraction of sp³-hybridized carbons (Fsp3) is 0.250. The predicted molar refractivity (Wildman–Crippen MR) is 84.6 cm³/mol. The molecule has 0 atom stereocenters. The summed E-state index contributed by atoms with van der Waals surface area (Å²) >= 11 is 5.91. The van der Waals surface area contributed by atoms with E-state index in [0.717, 1.165) is 34.1 Å². The Kier molecular flexibility index (Phi) is 3.80. The summed E-state index contributed by atoms with van der Waals surface area (Å²) in [6.07, 6.45) is 0.689. The molecule has 5 heteroatoms. The summed E-state index contributed by atoms with van der Waals surface area (Å²) in [6.45, 7) is 1.98. The van der Waals surface area contributed by atoms with E-state index in [0.29, 0.717) is 12.3 Å². The van der Waals surface area contributed by atoms with E-state index in [2.05, 4.69) is 9.97 Å². The number of fused-ring (bicyclic) bond motifs is 1. The number of imidazole rings is 1. The molecule has 0 radical (unpaired) electrons. The first-order valence-corrected chi connectivity index (χ1v) is 7.32. The van der Waals surface area contributed by atoms with Crippen LogP contribution in [-0.4, -0.2) is 27.5 Å². The molecule has 108 valence electrons. The number of aryl methyl sites for hydroxylation is 2. The molecule has 0 aliphatic carbocycles. The summed E-state index contributed by atoms with van der Waals surface area (Å²) in [5, 5.41) is 0. The van der Waals surface area contributed by atoms with Gasteiger partial charge >= 0.3 is 0 Å². The van der Waals surface area contributed by atoms with Crippen molar-refractivity contribution in [1.29, 1.82) is 0 Å². The van der Waals surface area contributed by atoms with E-state index in [1.807, 2.05) is 47.9 Å². The molecule has 0 aliphatic heterocycles. The van der Waals surface area contributed by atoms with Crippen LogP contribution in [0.15, 0.2) is 36.4 Å². The second-order valence-corrected chi connectivity index (χ2v) is 5.18. The maximum atomic E-state index is 5.91. The van der Waals surface area contributed by atoms with Crippen molar-refractivity contribution in [2.24, 2.45) is 0 Å². The van der Waals surface area contributed by atoms with Gasteiger partial charge in [0.15, 0.2) is 5.65 Å². The van der Waals surface area contributed by atoms with Gasteiger partial charge in [-0.05, 0) is 31.2 Å². The molecule has 0 amide bonds. The Labute approximate surface area is 128 Å². The van der Waals surface area contributed by atoms with Gasteiger partial charge in [0.1, 0.15) is 17.1 Å². The average Bonchev–Trinajstić information content (AvgIpc) is 2.85. The van der Waals surface area contributed by atoms with Crippen LogP contribution in [0.3, 0.4) is 0 Å². The molecule has 1 aromatic carbocycles. The molecular weight excluding hydrogens is 286 g/mol. The van der Waals surface area contributed by atoms with Crippen molar-refractivity contribution in [1.82, 2.24) is 14.5 Å². The van der Waals surface area contributed by atoms with Crippen LogP contribution in [0.5, 0.6) is 5.75 Å². The van der Waals surface area contributed by atoms with Crippen LogP contribution in [0.25, 0.3) is 16.9 Å². The Hall–Kier alpha value is -2.07. The van der Waals surface area contributed by atoms with Crippen LogP contribution in [-0.2, 0) is 6.42 Å². The molecule has 0 N–H and O–H groups in total. The minimum Gasteiger partial charge on any atom is -0.497 e. The number of methoxy groups -OCH3 is 1. The molecule has 21 heavy (non-hydrogen) atoms. The summed E-state index contributed by atoms with van der Waals surface area (Å²) in [5.41, 5.74) is 3.67. The van der Waals surface area contributed by atoms with Gasteiger partial charge in [-0.25, -0.2) is 9.97 Å². The number of nitrogens with zero attached hydrogens (tertiary/aromatic N) is 3. The Morgan fingerprint density at radius 1 is 1.19 bits per heavy atom. The van der Waals surface area contributed by atoms with Crippen LogP contribution in [0.1, 0.15) is 11.5 Å². The predicted octanol–water partition coefficient (Wildman–Crippen LogP) is 3.52. The zero-order valence-electron chi connectivity index (χ0n) is 12.0. The van der Waals surface area contributed by atoms with Gasteiger partial charge in [-0.1, -0.05) is 6.07 Å². The van der Waals surface area contributed by atoms with E-state index in [1.54, 1.807) is 7.11 Å². The summed E-state index contributed by atoms with van der Waals surface area (Å²) in [4.78, 5) is 9.28. The van der Waals surface area contributed by atoms with Crippen LogP contribution in [0, 0.1) is 6.92 Å². The molecule has 0 fully saturated rings. The summed E-state index contributed by atoms with van der Waals surface area (Å²) < 4.78 is 7.36. The van der Waals surface area contributed by atoms with Gasteiger partial charge in [0.25, 0.3) is 0 Å². The number of benzene rings is 1. The lowest BCUT2D eigenvalue weighted by atomic mass is 10.3. The first-order chi connectivity index (χ1) is 10.2. The summed E-state index contributed by atoms with van der Waals surface area (Å²) in [6, 6.07) is 11.8. The molecule has 2 heterocycles. The first kappa shape index (κ1) is 13.9. The topological polar surface area (TPSA) is 39.9 Å². The molecule has 0 unspecified atom stereocenters. The standard InChI is InChI=1S/C16H16ClN3O/c1-11-6-7-14-16(18-11)20(15(19-14)8-9-17)12-4-3-5-13(10-12)21-2/h3-7,10H,8-9H2,1-2H3. The SMILES string of the molecule is COc1cccc(-n2c(CCCl)nc3ccc(C)nc32)c1. The maximum Gasteiger partial charge on any atom is 0.164 e. The summed E-state index contributed by atoms with van der Waals surface area (Å²) in [7, 11) is 1.66. The van der Waals surface area contributed by atoms with Crippen molar-refractivity contribution >= 4 is 22.8 Å². The van der Waals surface area contributed by atoms with Gasteiger partial charge in [-0.2, -0.15) is 0 Å². The van der Waals surface area contributed by atoms with Crippen LogP contribution in [0.4, 0.5) is 0 Å². The van der Waals surface area contributed by atoms with Crippen molar-refractivity contribution in [2.45, 2.75) is 13.3 Å². The van der Waals surface area contributed by atoms with Gasteiger partial charge in [-0.15, -0.1) is 11.6 Å². The number of hydrogen-bond donors (Lipinski definition) is 0. The lowest BCUT2D eigenvalue weighted by molar-refractivity contribution is 0.414. The van der Waals surface area contributed by atoms with Gasteiger partial charge in [0, 0.05) is 24.1 Å². The monoisotopic (exact) mass is 301 g/mol. The quantitative estimate of drug-likeness (QED) is 0.692. The Bertz CT molecular complexity index is 782. The van der Waals surface area contributed by atoms with E-state index < -0.39 is 0 Å². The van der Waals surface area contributed by atoms with Gasteiger partial charge in [0.05, 0.1) is 12.8 Å². The molecule has 0 bridgehead atoms. The lowest BCUT2D eigenvalue weighted by Gasteiger charge is -2.09. The average molecular weight is 302 g/mol. The maximum absolute atomic E-state index is 5.91. The number of alkyl halides is 1. The van der Waals surface area contributed by atoms with E-state index in [1.165, 1.54) is 0 Å². The molecule has 0 spiro atoms. The molecule has 3 rings (SSSR count). The third kappa shape index (κ3) is 2.59. The summed E-state index contributed by atoms with van der Waals surface area (Å²) in [5.74, 6) is 2.23. The van der Waals surface area contributed by atoms with Crippen molar-refractivity contribution in [2.75, 3.05) is 13.0 Å². The van der Waals surface area contributed by atoms with Crippen molar-refractivity contribution < 1.29 is 4.74 Å². The molecule has 4 nitrogen and oxygen atoms in total. The fourth-order valence-electron chi connectivity index (χ4n) is 2.37. The second-order valence-electron chi connectivity index (χ2n) is 4.80. The number of pyridine rings is 1. The highest BCUT2D eigenvalue weighted by Gasteiger charge is 2.14. The highest BCUT2D eigenvalue weighted by atomic mass is 35.5. The molecule has 0 saturated carbocycles. The number of ether oxygens (including phenoxy) is 1. The van der Waals surface area contributed by atoms with Crippen LogP contribution >= 0.6 is 11.6 Å². The minimum absolute atomic E-state index is 0.520. The highest BCUT2D eigenvalue weighted by molar-refractivity contribution is 6.17. The molecule has 0 saturated heterocycles. The zero-order chi connectivity index (χ0) is 14.8. The normalized spacial score (nSPS) is 11.0. The Balaban J connectivity index is 2.26. The van der Waals surface area contributed by atoms with Crippen LogP contribution in [0.2, 0.25) is 0 Å². The van der Waals surface area contributed by atoms with Crippen molar-refractivity contribution in [3.8, 4) is 11.4 Å². The zero-order valence-corrected chi connectivity index (χ0v) is 12.8. The van der Waals surface area contributed by atoms with E-state index in [4.69, 9.17) is 16.3 Å². The Morgan fingerprint density at radius 2 is 2.05 bits per heavy atom. The molecule has 2 aromatic heterocycles. The van der Waals surface area contributed by atoms with Crippen LogP contribution < -0.4 is 4.74 Å². The van der Waals surface area contributed by atoms with Crippen molar-refractivity contribution in [3.05, 3.63) is 47.9 Å². The largest absolute Gasteiger partial charge is 0.497 e. The number of rotatable bonds is 4.